The smallest absolute Gasteiger partial charge is 0.218 e. The molecule has 0 atom stereocenters. The van der Waals surface area contributed by atoms with Crippen LogP contribution in [0.25, 0.3) is 22.2 Å². The predicted octanol–water partition coefficient (Wildman–Crippen LogP) is 2.35. The van der Waals surface area contributed by atoms with E-state index in [9.17, 15) is 0 Å². The number of guanidine groups is 1. The van der Waals surface area contributed by atoms with Gasteiger partial charge in [-0.1, -0.05) is 42.3 Å². The molecule has 6 nitrogen and oxygen atoms in total. The minimum absolute atomic E-state index is 0.151. The Kier molecular flexibility index (Phi) is 3.93. The van der Waals surface area contributed by atoms with Gasteiger partial charge < -0.3 is 5.73 Å². The molecule has 0 saturated carbocycles. The van der Waals surface area contributed by atoms with Crippen LogP contribution in [0.5, 0.6) is 0 Å². The SMILES string of the molecule is N#CCc1cnc(-c2ccc3ccccc3c2)n1C1=NC(N)=NCC#C1. The fourth-order valence-electron chi connectivity index (χ4n) is 2.88. The van der Waals surface area contributed by atoms with Crippen molar-refractivity contribution in [2.75, 3.05) is 6.54 Å². The van der Waals surface area contributed by atoms with Crippen LogP contribution in [0.1, 0.15) is 5.69 Å². The van der Waals surface area contributed by atoms with Gasteiger partial charge >= 0.3 is 0 Å². The van der Waals surface area contributed by atoms with Gasteiger partial charge in [-0.3, -0.25) is 4.57 Å². The maximum atomic E-state index is 9.16. The van der Waals surface area contributed by atoms with E-state index in [2.05, 4.69) is 51.1 Å². The van der Waals surface area contributed by atoms with Crippen molar-refractivity contribution in [1.82, 2.24) is 9.55 Å². The molecule has 124 valence electrons. The van der Waals surface area contributed by atoms with Gasteiger partial charge in [0, 0.05) is 5.56 Å². The number of nitrogens with two attached hydrogens (primary N) is 1. The van der Waals surface area contributed by atoms with E-state index in [0.717, 1.165) is 16.3 Å². The largest absolute Gasteiger partial charge is 0.368 e. The molecule has 1 aromatic heterocycles. The molecular formula is C20H14N6. The molecule has 2 N–H and O–H groups in total. The molecule has 3 aromatic rings. The quantitative estimate of drug-likeness (QED) is 0.727. The van der Waals surface area contributed by atoms with E-state index in [1.807, 2.05) is 24.3 Å². The summed E-state index contributed by atoms with van der Waals surface area (Å²) in [7, 11) is 0. The monoisotopic (exact) mass is 338 g/mol. The lowest BCUT2D eigenvalue weighted by atomic mass is 10.1. The number of nitriles is 1. The first-order valence-corrected chi connectivity index (χ1v) is 8.07. The molecule has 0 spiro atoms. The van der Waals surface area contributed by atoms with Gasteiger partial charge in [-0.15, -0.1) is 0 Å². The van der Waals surface area contributed by atoms with Gasteiger partial charge in [0.2, 0.25) is 5.96 Å². The molecule has 0 aliphatic carbocycles. The first-order chi connectivity index (χ1) is 12.8. The molecule has 2 aromatic carbocycles. The number of rotatable bonds is 2. The molecule has 0 unspecified atom stereocenters. The Balaban J connectivity index is 1.92. The zero-order chi connectivity index (χ0) is 17.9. The van der Waals surface area contributed by atoms with Crippen LogP contribution >= 0.6 is 0 Å². The number of hydrogen-bond donors (Lipinski definition) is 1. The summed E-state index contributed by atoms with van der Waals surface area (Å²) in [6, 6.07) is 16.4. The third-order valence-corrected chi connectivity index (χ3v) is 4.06. The van der Waals surface area contributed by atoms with E-state index in [4.69, 9.17) is 11.0 Å². The summed E-state index contributed by atoms with van der Waals surface area (Å²) in [5.41, 5.74) is 7.42. The molecule has 0 radical (unpaired) electrons. The molecule has 26 heavy (non-hydrogen) atoms. The number of nitrogens with zero attached hydrogens (tertiary/aromatic N) is 5. The van der Waals surface area contributed by atoms with Crippen LogP contribution < -0.4 is 5.73 Å². The lowest BCUT2D eigenvalue weighted by molar-refractivity contribution is 1.04. The number of benzene rings is 2. The minimum atomic E-state index is 0.151. The van der Waals surface area contributed by atoms with Crippen molar-refractivity contribution in [2.24, 2.45) is 15.7 Å². The molecule has 6 heteroatoms. The second kappa shape index (κ2) is 6.54. The summed E-state index contributed by atoms with van der Waals surface area (Å²) in [4.78, 5) is 12.9. The number of aliphatic imine (C=N–C) groups is 2. The Morgan fingerprint density at radius 2 is 2.04 bits per heavy atom. The Morgan fingerprint density at radius 3 is 2.88 bits per heavy atom. The molecule has 1 aliphatic rings. The summed E-state index contributed by atoms with van der Waals surface area (Å²) in [6.07, 6.45) is 1.87. The van der Waals surface area contributed by atoms with Crippen molar-refractivity contribution in [2.45, 2.75) is 6.42 Å². The van der Waals surface area contributed by atoms with Crippen LogP contribution in [0.4, 0.5) is 0 Å². The molecular weight excluding hydrogens is 324 g/mol. The summed E-state index contributed by atoms with van der Waals surface area (Å²) in [5.74, 6) is 7.14. The van der Waals surface area contributed by atoms with Gasteiger partial charge in [-0.2, -0.15) is 10.3 Å². The molecule has 1 aliphatic heterocycles. The molecule has 0 fully saturated rings. The number of imidazole rings is 1. The van der Waals surface area contributed by atoms with Gasteiger partial charge in [-0.25, -0.2) is 9.98 Å². The number of hydrogen-bond acceptors (Lipinski definition) is 5. The second-order valence-electron chi connectivity index (χ2n) is 5.72. The molecule has 2 heterocycles. The fraction of sp³-hybridized carbons (Fsp3) is 0.100. The normalized spacial score (nSPS) is 13.2. The zero-order valence-corrected chi connectivity index (χ0v) is 13.8. The van der Waals surface area contributed by atoms with E-state index in [-0.39, 0.29) is 12.4 Å². The van der Waals surface area contributed by atoms with E-state index in [0.29, 0.717) is 23.9 Å². The van der Waals surface area contributed by atoms with Crippen molar-refractivity contribution < 1.29 is 0 Å². The number of aromatic nitrogens is 2. The van der Waals surface area contributed by atoms with E-state index < -0.39 is 0 Å². The Bertz CT molecular complexity index is 1160. The summed E-state index contributed by atoms with van der Waals surface area (Å²) in [6.45, 7) is 0.298. The van der Waals surface area contributed by atoms with Gasteiger partial charge in [0.15, 0.2) is 5.84 Å². The molecule has 0 amide bonds. The van der Waals surface area contributed by atoms with Crippen LogP contribution in [0.15, 0.2) is 58.6 Å². The average Bonchev–Trinajstić information content (AvgIpc) is 2.95. The second-order valence-corrected chi connectivity index (χ2v) is 5.72. The Labute approximate surface area is 150 Å². The first kappa shape index (κ1) is 15.6. The maximum Gasteiger partial charge on any atom is 0.218 e. The third kappa shape index (κ3) is 2.81. The van der Waals surface area contributed by atoms with Gasteiger partial charge in [-0.05, 0) is 22.8 Å². The van der Waals surface area contributed by atoms with Crippen LogP contribution in [0.3, 0.4) is 0 Å². The highest BCUT2D eigenvalue weighted by Crippen LogP contribution is 2.25. The topological polar surface area (TPSA) is 92.3 Å². The van der Waals surface area contributed by atoms with E-state index >= 15 is 0 Å². The van der Waals surface area contributed by atoms with Crippen molar-refractivity contribution in [3.8, 4) is 29.3 Å². The highest BCUT2D eigenvalue weighted by atomic mass is 15.2. The molecule has 0 bridgehead atoms. The maximum absolute atomic E-state index is 9.16. The number of fused-ring (bicyclic) bond motifs is 1. The van der Waals surface area contributed by atoms with Crippen LogP contribution in [-0.4, -0.2) is 27.9 Å². The highest BCUT2D eigenvalue weighted by molar-refractivity contribution is 6.09. The highest BCUT2D eigenvalue weighted by Gasteiger charge is 2.17. The summed E-state index contributed by atoms with van der Waals surface area (Å²) >= 11 is 0. The lowest BCUT2D eigenvalue weighted by Crippen LogP contribution is -2.19. The molecule has 0 saturated heterocycles. The minimum Gasteiger partial charge on any atom is -0.368 e. The van der Waals surface area contributed by atoms with Crippen LogP contribution in [0, 0.1) is 23.2 Å². The standard InChI is InChI=1S/C20H14N6/c21-10-9-17-13-24-19(26(17)18-6-3-11-23-20(22)25-18)16-8-7-14-4-1-2-5-15(14)12-16/h1-2,4-5,7-8,12-13H,9,11H2,(H2,22,23). The van der Waals surface area contributed by atoms with Crippen molar-refractivity contribution in [1.29, 1.82) is 5.26 Å². The van der Waals surface area contributed by atoms with Gasteiger partial charge in [0.05, 0.1) is 24.4 Å². The third-order valence-electron chi connectivity index (χ3n) is 4.06. The Morgan fingerprint density at radius 1 is 1.19 bits per heavy atom. The van der Waals surface area contributed by atoms with Crippen molar-refractivity contribution in [3.63, 3.8) is 0 Å². The van der Waals surface area contributed by atoms with E-state index in [1.54, 1.807) is 10.8 Å². The molecule has 4 rings (SSSR count). The lowest BCUT2D eigenvalue weighted by Gasteiger charge is -2.10. The van der Waals surface area contributed by atoms with Crippen LogP contribution in [-0.2, 0) is 6.42 Å². The van der Waals surface area contributed by atoms with Crippen LogP contribution in [0.2, 0.25) is 0 Å². The fourth-order valence-corrected chi connectivity index (χ4v) is 2.88. The summed E-state index contributed by atoms with van der Waals surface area (Å²) in [5, 5.41) is 11.4. The zero-order valence-electron chi connectivity index (χ0n) is 13.8. The van der Waals surface area contributed by atoms with Crippen molar-refractivity contribution in [3.05, 3.63) is 54.4 Å². The Hall–Kier alpha value is -3.90. The van der Waals surface area contributed by atoms with E-state index in [1.165, 1.54) is 0 Å². The first-order valence-electron chi connectivity index (χ1n) is 8.07. The van der Waals surface area contributed by atoms with Crippen molar-refractivity contribution >= 4 is 22.6 Å². The average molecular weight is 338 g/mol. The van der Waals surface area contributed by atoms with Gasteiger partial charge in [0.25, 0.3) is 0 Å². The predicted molar refractivity (Wildman–Crippen MR) is 102 cm³/mol. The summed E-state index contributed by atoms with van der Waals surface area (Å²) < 4.78 is 1.79. The van der Waals surface area contributed by atoms with Gasteiger partial charge in [0.1, 0.15) is 12.4 Å².